The Morgan fingerprint density at radius 3 is 2.55 bits per heavy atom. The van der Waals surface area contributed by atoms with Gasteiger partial charge in [0.1, 0.15) is 0 Å². The standard InChI is InChI=1S/C15H24O2.C2H6O/c1-11(2)7-8-14(16)12(3)13-6-4-5-9-15(13)10-17-15;1-3-2/h7,13-14,16H,3-6,8-10H2,1-2H3;1-2H3/t13?,14?,15-;/m0./s1. The first kappa shape index (κ1) is 17.4. The molecule has 0 bridgehead atoms. The minimum absolute atomic E-state index is 0.0568. The smallest absolute Gasteiger partial charge is 0.0982 e. The van der Waals surface area contributed by atoms with Crippen molar-refractivity contribution < 1.29 is 14.6 Å². The molecule has 2 unspecified atom stereocenters. The molecule has 2 rings (SSSR count). The number of aliphatic hydroxyl groups excluding tert-OH is 1. The Labute approximate surface area is 123 Å². The van der Waals surface area contributed by atoms with Crippen LogP contribution in [0.15, 0.2) is 23.8 Å². The van der Waals surface area contributed by atoms with Gasteiger partial charge in [-0.25, -0.2) is 0 Å². The summed E-state index contributed by atoms with van der Waals surface area (Å²) in [4.78, 5) is 0. The highest BCUT2D eigenvalue weighted by Gasteiger charge is 2.53. The molecule has 1 aliphatic heterocycles. The highest BCUT2D eigenvalue weighted by molar-refractivity contribution is 5.19. The van der Waals surface area contributed by atoms with E-state index in [0.29, 0.717) is 12.3 Å². The fraction of sp³-hybridized carbons (Fsp3) is 0.765. The first-order valence-electron chi connectivity index (χ1n) is 7.51. The van der Waals surface area contributed by atoms with Gasteiger partial charge in [-0.1, -0.05) is 31.1 Å². The summed E-state index contributed by atoms with van der Waals surface area (Å²) in [6, 6.07) is 0. The van der Waals surface area contributed by atoms with E-state index < -0.39 is 6.10 Å². The van der Waals surface area contributed by atoms with Crippen LogP contribution in [0.25, 0.3) is 0 Å². The maximum atomic E-state index is 10.2. The number of hydrogen-bond donors (Lipinski definition) is 1. The van der Waals surface area contributed by atoms with Crippen LogP contribution >= 0.6 is 0 Å². The van der Waals surface area contributed by atoms with Gasteiger partial charge in [0.05, 0.1) is 18.3 Å². The van der Waals surface area contributed by atoms with Crippen molar-refractivity contribution in [2.24, 2.45) is 5.92 Å². The maximum absolute atomic E-state index is 10.2. The minimum atomic E-state index is -0.408. The zero-order valence-electron chi connectivity index (χ0n) is 13.4. The third-order valence-corrected chi connectivity index (χ3v) is 4.12. The first-order chi connectivity index (χ1) is 9.46. The van der Waals surface area contributed by atoms with Crippen LogP contribution in [-0.2, 0) is 9.47 Å². The largest absolute Gasteiger partial charge is 0.388 e. The van der Waals surface area contributed by atoms with Gasteiger partial charge in [0.25, 0.3) is 0 Å². The number of ether oxygens (including phenoxy) is 2. The summed E-state index contributed by atoms with van der Waals surface area (Å²) in [7, 11) is 3.25. The topological polar surface area (TPSA) is 42.0 Å². The SMILES string of the molecule is C=C(C(O)CC=C(C)C)C1CCCC[C@]12CO2.COC. The van der Waals surface area contributed by atoms with E-state index in [1.807, 2.05) is 0 Å². The summed E-state index contributed by atoms with van der Waals surface area (Å²) in [5.41, 5.74) is 2.29. The molecule has 116 valence electrons. The summed E-state index contributed by atoms with van der Waals surface area (Å²) in [5, 5.41) is 10.2. The van der Waals surface area contributed by atoms with Crippen LogP contribution in [0.5, 0.6) is 0 Å². The fourth-order valence-corrected chi connectivity index (χ4v) is 2.90. The molecule has 20 heavy (non-hydrogen) atoms. The Morgan fingerprint density at radius 1 is 1.45 bits per heavy atom. The van der Waals surface area contributed by atoms with Crippen molar-refractivity contribution in [3.8, 4) is 0 Å². The molecular weight excluding hydrogens is 252 g/mol. The lowest BCUT2D eigenvalue weighted by atomic mass is 9.74. The van der Waals surface area contributed by atoms with Gasteiger partial charge in [0.2, 0.25) is 0 Å². The summed E-state index contributed by atoms with van der Waals surface area (Å²) < 4.78 is 9.91. The zero-order chi connectivity index (χ0) is 15.2. The molecule has 2 fully saturated rings. The van der Waals surface area contributed by atoms with Gasteiger partial charge in [-0.2, -0.15) is 0 Å². The fourth-order valence-electron chi connectivity index (χ4n) is 2.90. The third kappa shape index (κ3) is 4.72. The molecule has 0 aromatic carbocycles. The predicted octanol–water partition coefficient (Wildman–Crippen LogP) is 3.48. The van der Waals surface area contributed by atoms with Crippen molar-refractivity contribution >= 4 is 0 Å². The van der Waals surface area contributed by atoms with E-state index in [9.17, 15) is 5.11 Å². The van der Waals surface area contributed by atoms with Gasteiger partial charge in [0.15, 0.2) is 0 Å². The Kier molecular flexibility index (Phi) is 6.93. The number of rotatable bonds is 4. The second kappa shape index (κ2) is 7.96. The molecule has 1 saturated heterocycles. The average molecular weight is 282 g/mol. The molecule has 1 spiro atoms. The first-order valence-corrected chi connectivity index (χ1v) is 7.51. The van der Waals surface area contributed by atoms with Crippen LogP contribution < -0.4 is 0 Å². The summed E-state index contributed by atoms with van der Waals surface area (Å²) >= 11 is 0. The van der Waals surface area contributed by atoms with Gasteiger partial charge >= 0.3 is 0 Å². The van der Waals surface area contributed by atoms with Crippen LogP contribution in [0.2, 0.25) is 0 Å². The van der Waals surface area contributed by atoms with Crippen molar-refractivity contribution in [1.29, 1.82) is 0 Å². The lowest BCUT2D eigenvalue weighted by Gasteiger charge is -2.32. The molecule has 1 aliphatic carbocycles. The molecular formula is C17H30O3. The molecule has 1 heterocycles. The lowest BCUT2D eigenvalue weighted by molar-refractivity contribution is 0.139. The van der Waals surface area contributed by atoms with Crippen LogP contribution in [0.3, 0.4) is 0 Å². The molecule has 1 saturated carbocycles. The third-order valence-electron chi connectivity index (χ3n) is 4.12. The number of methoxy groups -OCH3 is 1. The molecule has 3 nitrogen and oxygen atoms in total. The van der Waals surface area contributed by atoms with Crippen LogP contribution in [0, 0.1) is 5.92 Å². The van der Waals surface area contributed by atoms with Crippen molar-refractivity contribution in [2.45, 2.75) is 57.7 Å². The van der Waals surface area contributed by atoms with E-state index in [0.717, 1.165) is 25.0 Å². The Balaban J connectivity index is 0.000000612. The van der Waals surface area contributed by atoms with E-state index in [2.05, 4.69) is 31.2 Å². The Morgan fingerprint density at radius 2 is 2.05 bits per heavy atom. The van der Waals surface area contributed by atoms with Crippen LogP contribution in [-0.4, -0.2) is 37.6 Å². The quantitative estimate of drug-likeness (QED) is 0.634. The predicted molar refractivity (Wildman–Crippen MR) is 82.8 cm³/mol. The van der Waals surface area contributed by atoms with Crippen molar-refractivity contribution in [2.75, 3.05) is 20.8 Å². The van der Waals surface area contributed by atoms with E-state index >= 15 is 0 Å². The van der Waals surface area contributed by atoms with Gasteiger partial charge in [-0.05, 0) is 38.7 Å². The van der Waals surface area contributed by atoms with Crippen LogP contribution in [0.4, 0.5) is 0 Å². The van der Waals surface area contributed by atoms with E-state index in [1.54, 1.807) is 14.2 Å². The molecule has 0 amide bonds. The summed E-state index contributed by atoms with van der Waals surface area (Å²) in [5.74, 6) is 0.372. The maximum Gasteiger partial charge on any atom is 0.0982 e. The molecule has 0 aromatic heterocycles. The highest BCUT2D eigenvalue weighted by Crippen LogP contribution is 2.49. The normalized spacial score (nSPS) is 29.1. The highest BCUT2D eigenvalue weighted by atomic mass is 16.6. The lowest BCUT2D eigenvalue weighted by Crippen LogP contribution is -2.33. The second-order valence-electron chi connectivity index (χ2n) is 6.17. The molecule has 3 atom stereocenters. The molecule has 2 aliphatic rings. The van der Waals surface area contributed by atoms with Crippen LogP contribution in [0.1, 0.15) is 46.0 Å². The minimum Gasteiger partial charge on any atom is -0.388 e. The number of hydrogen-bond acceptors (Lipinski definition) is 3. The second-order valence-corrected chi connectivity index (χ2v) is 6.17. The average Bonchev–Trinajstić information content (AvgIpc) is 3.16. The van der Waals surface area contributed by atoms with Crippen molar-refractivity contribution in [1.82, 2.24) is 0 Å². The van der Waals surface area contributed by atoms with E-state index in [4.69, 9.17) is 4.74 Å². The van der Waals surface area contributed by atoms with E-state index in [-0.39, 0.29) is 5.60 Å². The Bertz CT molecular complexity index is 338. The molecule has 3 heteroatoms. The van der Waals surface area contributed by atoms with Gasteiger partial charge in [0, 0.05) is 20.1 Å². The number of epoxide rings is 1. The summed E-state index contributed by atoms with van der Waals surface area (Å²) in [6.07, 6.45) is 7.14. The number of aliphatic hydroxyl groups is 1. The van der Waals surface area contributed by atoms with Gasteiger partial charge in [-0.3, -0.25) is 0 Å². The Hall–Kier alpha value is -0.640. The molecule has 0 radical (unpaired) electrons. The van der Waals surface area contributed by atoms with E-state index in [1.165, 1.54) is 18.4 Å². The zero-order valence-corrected chi connectivity index (χ0v) is 13.4. The number of allylic oxidation sites excluding steroid dienone is 1. The summed E-state index contributed by atoms with van der Waals surface area (Å²) in [6.45, 7) is 9.11. The molecule has 1 N–H and O–H groups in total. The molecule has 0 aromatic rings. The van der Waals surface area contributed by atoms with Crippen molar-refractivity contribution in [3.63, 3.8) is 0 Å². The monoisotopic (exact) mass is 282 g/mol. The van der Waals surface area contributed by atoms with Crippen molar-refractivity contribution in [3.05, 3.63) is 23.8 Å². The van der Waals surface area contributed by atoms with Gasteiger partial charge in [-0.15, -0.1) is 0 Å². The van der Waals surface area contributed by atoms with Gasteiger partial charge < -0.3 is 14.6 Å².